The van der Waals surface area contributed by atoms with Gasteiger partial charge in [-0.1, -0.05) is 29.8 Å². The van der Waals surface area contributed by atoms with E-state index < -0.39 is 5.97 Å². The third kappa shape index (κ3) is 3.49. The van der Waals surface area contributed by atoms with Crippen LogP contribution in [0.5, 0.6) is 0 Å². The van der Waals surface area contributed by atoms with Gasteiger partial charge in [0.05, 0.1) is 5.97 Å². The molecule has 0 bridgehead atoms. The minimum Gasteiger partial charge on any atom is -0.545 e. The normalized spacial score (nSPS) is 8.45. The van der Waals surface area contributed by atoms with E-state index >= 15 is 0 Å². The Kier molecular flexibility index (Phi) is 5.21. The molecule has 0 fully saturated rings. The van der Waals surface area contributed by atoms with Crippen molar-refractivity contribution in [3.63, 3.8) is 0 Å². The summed E-state index contributed by atoms with van der Waals surface area (Å²) >= 11 is 0. The fourth-order valence-corrected chi connectivity index (χ4v) is 0.772. The largest absolute Gasteiger partial charge is 1.00 e. The first kappa shape index (κ1) is 11.3. The van der Waals surface area contributed by atoms with Crippen LogP contribution in [0.15, 0.2) is 24.3 Å². The average Bonchev–Trinajstić information content (AvgIpc) is 1.88. The Balaban J connectivity index is 0.000001000. The second-order valence-corrected chi connectivity index (χ2v) is 2.16. The molecule has 0 spiro atoms. The van der Waals surface area contributed by atoms with Crippen molar-refractivity contribution < 1.29 is 61.3 Å². The van der Waals surface area contributed by atoms with Gasteiger partial charge in [-0.15, -0.1) is 0 Å². The van der Waals surface area contributed by atoms with Gasteiger partial charge in [0.2, 0.25) is 0 Å². The summed E-state index contributed by atoms with van der Waals surface area (Å²) in [5.41, 5.74) is 1.17. The SMILES string of the molecule is Cc1cccc(C(=O)[O-])c1.[K+]. The molecule has 0 aliphatic heterocycles. The van der Waals surface area contributed by atoms with Gasteiger partial charge < -0.3 is 9.90 Å². The molecular weight excluding hydrogens is 167 g/mol. The van der Waals surface area contributed by atoms with Gasteiger partial charge in [0.25, 0.3) is 0 Å². The van der Waals surface area contributed by atoms with Crippen molar-refractivity contribution in [2.75, 3.05) is 0 Å². The number of carbonyl (C=O) groups is 1. The summed E-state index contributed by atoms with van der Waals surface area (Å²) in [4.78, 5) is 10.2. The van der Waals surface area contributed by atoms with E-state index in [4.69, 9.17) is 0 Å². The summed E-state index contributed by atoms with van der Waals surface area (Å²) in [5, 5.41) is 10.2. The van der Waals surface area contributed by atoms with E-state index in [1.165, 1.54) is 6.07 Å². The minimum absolute atomic E-state index is 0. The quantitative estimate of drug-likeness (QED) is 0.437. The molecule has 0 N–H and O–H groups in total. The number of carboxylic acids is 1. The van der Waals surface area contributed by atoms with Crippen molar-refractivity contribution in [3.05, 3.63) is 35.4 Å². The Labute approximate surface area is 108 Å². The third-order valence-corrected chi connectivity index (χ3v) is 1.25. The van der Waals surface area contributed by atoms with Crippen molar-refractivity contribution in [2.24, 2.45) is 0 Å². The smallest absolute Gasteiger partial charge is 0.545 e. The van der Waals surface area contributed by atoms with Crippen LogP contribution in [-0.2, 0) is 0 Å². The molecule has 11 heavy (non-hydrogen) atoms. The number of carbonyl (C=O) groups excluding carboxylic acids is 1. The number of hydrogen-bond acceptors (Lipinski definition) is 2. The monoisotopic (exact) mass is 174 g/mol. The Bertz CT molecular complexity index is 258. The van der Waals surface area contributed by atoms with Gasteiger partial charge in [0.1, 0.15) is 0 Å². The molecule has 0 saturated carbocycles. The predicted molar refractivity (Wildman–Crippen MR) is 35.5 cm³/mol. The van der Waals surface area contributed by atoms with Gasteiger partial charge in [0, 0.05) is 0 Å². The van der Waals surface area contributed by atoms with E-state index in [0.29, 0.717) is 0 Å². The maximum Gasteiger partial charge on any atom is 1.00 e. The standard InChI is InChI=1S/C8H8O2.K/c1-6-3-2-4-7(5-6)8(9)10;/h2-5H,1H3,(H,9,10);/q;+1/p-1. The van der Waals surface area contributed by atoms with Gasteiger partial charge in [-0.3, -0.25) is 0 Å². The van der Waals surface area contributed by atoms with Crippen LogP contribution in [0.25, 0.3) is 0 Å². The first-order chi connectivity index (χ1) is 4.70. The summed E-state index contributed by atoms with van der Waals surface area (Å²) in [6, 6.07) is 6.63. The molecule has 3 heteroatoms. The van der Waals surface area contributed by atoms with Crippen LogP contribution in [0.1, 0.15) is 15.9 Å². The Morgan fingerprint density at radius 2 is 2.09 bits per heavy atom. The van der Waals surface area contributed by atoms with Crippen LogP contribution in [-0.4, -0.2) is 5.97 Å². The van der Waals surface area contributed by atoms with E-state index in [1.807, 2.05) is 13.0 Å². The summed E-state index contributed by atoms with van der Waals surface area (Å²) in [5.74, 6) is -1.12. The first-order valence-corrected chi connectivity index (χ1v) is 2.98. The zero-order valence-electron chi connectivity index (χ0n) is 6.63. The molecule has 0 amide bonds. The topological polar surface area (TPSA) is 40.1 Å². The molecule has 0 aromatic heterocycles. The Hall–Kier alpha value is 0.326. The number of hydrogen-bond donors (Lipinski definition) is 0. The van der Waals surface area contributed by atoms with E-state index in [2.05, 4.69) is 0 Å². The first-order valence-electron chi connectivity index (χ1n) is 2.98. The summed E-state index contributed by atoms with van der Waals surface area (Å²) in [6.45, 7) is 1.84. The van der Waals surface area contributed by atoms with Gasteiger partial charge in [0.15, 0.2) is 0 Å². The molecule has 52 valence electrons. The fraction of sp³-hybridized carbons (Fsp3) is 0.125. The second kappa shape index (κ2) is 5.06. The van der Waals surface area contributed by atoms with Gasteiger partial charge in [-0.25, -0.2) is 0 Å². The van der Waals surface area contributed by atoms with Crippen LogP contribution in [0.2, 0.25) is 0 Å². The van der Waals surface area contributed by atoms with E-state index in [0.717, 1.165) is 5.56 Å². The maximum atomic E-state index is 10.2. The summed E-state index contributed by atoms with van der Waals surface area (Å²) in [7, 11) is 0. The van der Waals surface area contributed by atoms with Crippen molar-refractivity contribution in [3.8, 4) is 0 Å². The van der Waals surface area contributed by atoms with E-state index in [9.17, 15) is 9.90 Å². The molecule has 0 aliphatic carbocycles. The number of aromatic carboxylic acids is 1. The van der Waals surface area contributed by atoms with Crippen molar-refractivity contribution in [1.29, 1.82) is 0 Å². The van der Waals surface area contributed by atoms with Crippen LogP contribution >= 0.6 is 0 Å². The molecule has 0 unspecified atom stereocenters. The van der Waals surface area contributed by atoms with Crippen LogP contribution < -0.4 is 56.5 Å². The van der Waals surface area contributed by atoms with E-state index in [-0.39, 0.29) is 56.9 Å². The molecular formula is C8H7KO2. The van der Waals surface area contributed by atoms with Crippen molar-refractivity contribution in [1.82, 2.24) is 0 Å². The van der Waals surface area contributed by atoms with Gasteiger partial charge in [-0.2, -0.15) is 0 Å². The van der Waals surface area contributed by atoms with E-state index in [1.54, 1.807) is 12.1 Å². The number of benzene rings is 1. The predicted octanol–water partition coefficient (Wildman–Crippen LogP) is -2.64. The third-order valence-electron chi connectivity index (χ3n) is 1.25. The zero-order chi connectivity index (χ0) is 7.56. The molecule has 0 heterocycles. The molecule has 0 radical (unpaired) electrons. The van der Waals surface area contributed by atoms with Crippen LogP contribution in [0.3, 0.4) is 0 Å². The van der Waals surface area contributed by atoms with Gasteiger partial charge >= 0.3 is 51.4 Å². The number of aryl methyl sites for hydroxylation is 1. The molecule has 2 nitrogen and oxygen atoms in total. The average molecular weight is 174 g/mol. The molecule has 1 aromatic carbocycles. The van der Waals surface area contributed by atoms with Crippen LogP contribution in [0.4, 0.5) is 0 Å². The Morgan fingerprint density at radius 3 is 2.45 bits per heavy atom. The minimum atomic E-state index is -1.12. The molecule has 0 aliphatic rings. The zero-order valence-corrected chi connectivity index (χ0v) is 9.75. The fourth-order valence-electron chi connectivity index (χ4n) is 0.772. The number of carboxylic acid groups (broad SMARTS) is 1. The second-order valence-electron chi connectivity index (χ2n) is 2.16. The molecule has 0 atom stereocenters. The summed E-state index contributed by atoms with van der Waals surface area (Å²) in [6.07, 6.45) is 0. The van der Waals surface area contributed by atoms with Crippen molar-refractivity contribution >= 4 is 5.97 Å². The molecule has 1 aromatic rings. The molecule has 1 rings (SSSR count). The van der Waals surface area contributed by atoms with Crippen LogP contribution in [0, 0.1) is 6.92 Å². The maximum absolute atomic E-state index is 10.2. The van der Waals surface area contributed by atoms with Crippen molar-refractivity contribution in [2.45, 2.75) is 6.92 Å². The van der Waals surface area contributed by atoms with Gasteiger partial charge in [-0.05, 0) is 12.5 Å². The Morgan fingerprint density at radius 1 is 1.45 bits per heavy atom. The molecule has 0 saturated heterocycles. The summed E-state index contributed by atoms with van der Waals surface area (Å²) < 4.78 is 0. The number of rotatable bonds is 1.